The number of thioether (sulfide) groups is 1. The third-order valence-corrected chi connectivity index (χ3v) is 5.79. The standard InChI is InChI=1S/C20H26N4O6S/c21-14-31-16-4-1-15(2-5-16)3-6-17(19(27)28)23-9-7-22(13-18(25)26)8-10-24(12-11-23)20(29)30/h1-2,4-5,17H,3,6-13H2,(H,25,26)(H,27,28)(H,29,30). The van der Waals surface area contributed by atoms with Gasteiger partial charge >= 0.3 is 18.0 Å². The van der Waals surface area contributed by atoms with E-state index in [4.69, 9.17) is 10.4 Å². The second-order valence-electron chi connectivity index (χ2n) is 7.21. The zero-order valence-electron chi connectivity index (χ0n) is 17.0. The molecule has 0 bridgehead atoms. The van der Waals surface area contributed by atoms with E-state index < -0.39 is 24.1 Å². The molecule has 0 radical (unpaired) electrons. The summed E-state index contributed by atoms with van der Waals surface area (Å²) in [5.41, 5.74) is 0.942. The molecule has 0 aromatic heterocycles. The monoisotopic (exact) mass is 450 g/mol. The van der Waals surface area contributed by atoms with Crippen LogP contribution < -0.4 is 0 Å². The normalized spacial score (nSPS) is 17.1. The van der Waals surface area contributed by atoms with E-state index in [1.54, 1.807) is 9.80 Å². The van der Waals surface area contributed by atoms with Gasteiger partial charge in [-0.1, -0.05) is 12.1 Å². The highest BCUT2D eigenvalue weighted by atomic mass is 32.2. The van der Waals surface area contributed by atoms with Crippen molar-refractivity contribution in [2.45, 2.75) is 23.8 Å². The fraction of sp³-hybridized carbons (Fsp3) is 0.500. The van der Waals surface area contributed by atoms with Gasteiger partial charge < -0.3 is 20.2 Å². The molecule has 0 saturated carbocycles. The first-order chi connectivity index (χ1) is 14.8. The molecule has 3 N–H and O–H groups in total. The van der Waals surface area contributed by atoms with Crippen LogP contribution in [0.15, 0.2) is 29.2 Å². The molecule has 1 aromatic carbocycles. The smallest absolute Gasteiger partial charge is 0.407 e. The lowest BCUT2D eigenvalue weighted by atomic mass is 10.0. The van der Waals surface area contributed by atoms with Gasteiger partial charge in [0, 0.05) is 44.2 Å². The van der Waals surface area contributed by atoms with E-state index in [9.17, 15) is 24.6 Å². The summed E-state index contributed by atoms with van der Waals surface area (Å²) < 4.78 is 0. The van der Waals surface area contributed by atoms with Gasteiger partial charge in [0.2, 0.25) is 0 Å². The molecule has 1 atom stereocenters. The highest BCUT2D eigenvalue weighted by molar-refractivity contribution is 8.03. The predicted octanol–water partition coefficient (Wildman–Crippen LogP) is 1.33. The minimum Gasteiger partial charge on any atom is -0.480 e. The summed E-state index contributed by atoms with van der Waals surface area (Å²) in [5, 5.41) is 39.0. The van der Waals surface area contributed by atoms with E-state index in [-0.39, 0.29) is 32.7 Å². The van der Waals surface area contributed by atoms with Gasteiger partial charge in [-0.25, -0.2) is 4.79 Å². The van der Waals surface area contributed by atoms with E-state index in [0.29, 0.717) is 25.9 Å². The Morgan fingerprint density at radius 3 is 2.19 bits per heavy atom. The fourth-order valence-electron chi connectivity index (χ4n) is 3.51. The molecule has 1 saturated heterocycles. The Labute approximate surface area is 184 Å². The predicted molar refractivity (Wildman–Crippen MR) is 113 cm³/mol. The third kappa shape index (κ3) is 8.09. The number of amides is 1. The van der Waals surface area contributed by atoms with Crippen molar-refractivity contribution in [1.29, 1.82) is 5.26 Å². The van der Waals surface area contributed by atoms with Crippen LogP contribution in [0.5, 0.6) is 0 Å². The number of hydrogen-bond acceptors (Lipinski definition) is 7. The van der Waals surface area contributed by atoms with Crippen LogP contribution in [0, 0.1) is 10.7 Å². The summed E-state index contributed by atoms with van der Waals surface area (Å²) >= 11 is 1.05. The molecular weight excluding hydrogens is 424 g/mol. The van der Waals surface area contributed by atoms with Crippen LogP contribution >= 0.6 is 11.8 Å². The lowest BCUT2D eigenvalue weighted by Crippen LogP contribution is -2.47. The van der Waals surface area contributed by atoms with Gasteiger partial charge in [-0.15, -0.1) is 0 Å². The zero-order valence-corrected chi connectivity index (χ0v) is 17.8. The van der Waals surface area contributed by atoms with Crippen LogP contribution in [-0.2, 0) is 16.0 Å². The second kappa shape index (κ2) is 12.1. The Morgan fingerprint density at radius 1 is 1.00 bits per heavy atom. The summed E-state index contributed by atoms with van der Waals surface area (Å²) in [6, 6.07) is 6.52. The van der Waals surface area contributed by atoms with Crippen molar-refractivity contribution < 1.29 is 29.7 Å². The van der Waals surface area contributed by atoms with Crippen LogP contribution in [-0.4, -0.2) is 99.9 Å². The van der Waals surface area contributed by atoms with Crippen LogP contribution in [0.2, 0.25) is 0 Å². The Balaban J connectivity index is 2.10. The summed E-state index contributed by atoms with van der Waals surface area (Å²) in [5.74, 6) is -2.01. The van der Waals surface area contributed by atoms with E-state index in [2.05, 4.69) is 0 Å². The Kier molecular flexibility index (Phi) is 9.58. The Morgan fingerprint density at radius 2 is 1.61 bits per heavy atom. The van der Waals surface area contributed by atoms with E-state index in [1.165, 1.54) is 4.90 Å². The number of aryl methyl sites for hydroxylation is 1. The Hall–Kier alpha value is -2.81. The maximum absolute atomic E-state index is 12.0. The van der Waals surface area contributed by atoms with E-state index >= 15 is 0 Å². The van der Waals surface area contributed by atoms with Crippen molar-refractivity contribution in [3.05, 3.63) is 29.8 Å². The molecule has 2 rings (SSSR count). The quantitative estimate of drug-likeness (QED) is 0.391. The van der Waals surface area contributed by atoms with Crippen molar-refractivity contribution in [1.82, 2.24) is 14.7 Å². The van der Waals surface area contributed by atoms with Crippen LogP contribution in [0.1, 0.15) is 12.0 Å². The van der Waals surface area contributed by atoms with E-state index in [1.807, 2.05) is 29.7 Å². The molecule has 1 unspecified atom stereocenters. The fourth-order valence-corrected chi connectivity index (χ4v) is 3.89. The number of carbonyl (C=O) groups is 3. The largest absolute Gasteiger partial charge is 0.480 e. The highest BCUT2D eigenvalue weighted by Crippen LogP contribution is 2.19. The number of hydrogen-bond donors (Lipinski definition) is 3. The number of aliphatic carboxylic acids is 2. The molecule has 1 aliphatic heterocycles. The molecule has 0 spiro atoms. The first-order valence-electron chi connectivity index (χ1n) is 9.84. The summed E-state index contributed by atoms with van der Waals surface area (Å²) in [6.07, 6.45) is -0.280. The first kappa shape index (κ1) is 24.5. The third-order valence-electron chi connectivity index (χ3n) is 5.20. The molecule has 168 valence electrons. The average Bonchev–Trinajstić information content (AvgIpc) is 2.80. The number of benzene rings is 1. The average molecular weight is 451 g/mol. The van der Waals surface area contributed by atoms with Gasteiger partial charge in [0.05, 0.1) is 6.54 Å². The molecule has 1 heterocycles. The van der Waals surface area contributed by atoms with Crippen LogP contribution in [0.3, 0.4) is 0 Å². The van der Waals surface area contributed by atoms with Crippen molar-refractivity contribution in [3.8, 4) is 5.40 Å². The Bertz CT molecular complexity index is 813. The molecular formula is C20H26N4O6S. The number of nitriles is 1. The lowest BCUT2D eigenvalue weighted by molar-refractivity contribution is -0.144. The SMILES string of the molecule is N#CSc1ccc(CCC(C(=O)O)N2CCN(CC(=O)O)CCN(C(=O)O)CC2)cc1. The van der Waals surface area contributed by atoms with Crippen LogP contribution in [0.4, 0.5) is 4.79 Å². The molecule has 10 nitrogen and oxygen atoms in total. The molecule has 0 aliphatic carbocycles. The van der Waals surface area contributed by atoms with Gasteiger partial charge in [0.25, 0.3) is 0 Å². The first-order valence-corrected chi connectivity index (χ1v) is 10.7. The topological polar surface area (TPSA) is 145 Å². The highest BCUT2D eigenvalue weighted by Gasteiger charge is 2.28. The number of thiocyanates is 1. The molecule has 31 heavy (non-hydrogen) atoms. The van der Waals surface area contributed by atoms with Gasteiger partial charge in [0.1, 0.15) is 11.4 Å². The van der Waals surface area contributed by atoms with Gasteiger partial charge in [0.15, 0.2) is 0 Å². The molecule has 1 fully saturated rings. The van der Waals surface area contributed by atoms with Crippen molar-refractivity contribution in [2.75, 3.05) is 45.8 Å². The zero-order chi connectivity index (χ0) is 22.8. The maximum atomic E-state index is 12.0. The van der Waals surface area contributed by atoms with Crippen molar-refractivity contribution >= 4 is 29.8 Å². The van der Waals surface area contributed by atoms with Gasteiger partial charge in [-0.3, -0.25) is 19.4 Å². The molecule has 1 aliphatic rings. The number of carboxylic acid groups (broad SMARTS) is 3. The van der Waals surface area contributed by atoms with Crippen molar-refractivity contribution in [3.63, 3.8) is 0 Å². The van der Waals surface area contributed by atoms with Gasteiger partial charge in [-0.05, 0) is 42.3 Å². The number of carboxylic acids is 2. The second-order valence-corrected chi connectivity index (χ2v) is 8.06. The van der Waals surface area contributed by atoms with Crippen LogP contribution in [0.25, 0.3) is 0 Å². The number of nitrogens with zero attached hydrogens (tertiary/aromatic N) is 4. The van der Waals surface area contributed by atoms with Crippen molar-refractivity contribution in [2.24, 2.45) is 0 Å². The molecule has 1 amide bonds. The lowest BCUT2D eigenvalue weighted by Gasteiger charge is -2.30. The molecule has 1 aromatic rings. The summed E-state index contributed by atoms with van der Waals surface area (Å²) in [7, 11) is 0. The molecule has 11 heteroatoms. The van der Waals surface area contributed by atoms with Gasteiger partial charge in [-0.2, -0.15) is 5.26 Å². The minimum atomic E-state index is -1.11. The minimum absolute atomic E-state index is 0.153. The number of rotatable bonds is 8. The summed E-state index contributed by atoms with van der Waals surface area (Å²) in [4.78, 5) is 40.0. The maximum Gasteiger partial charge on any atom is 0.407 e. The van der Waals surface area contributed by atoms with E-state index in [0.717, 1.165) is 22.2 Å². The summed E-state index contributed by atoms with van der Waals surface area (Å²) in [6.45, 7) is 1.28.